The van der Waals surface area contributed by atoms with Crippen LogP contribution in [0.2, 0.25) is 0 Å². The van der Waals surface area contributed by atoms with E-state index in [4.69, 9.17) is 0 Å². The van der Waals surface area contributed by atoms with Crippen molar-refractivity contribution in [3.05, 3.63) is 48.9 Å². The Morgan fingerprint density at radius 2 is 1.89 bits per heavy atom. The Kier molecular flexibility index (Phi) is 4.05. The Morgan fingerprint density at radius 3 is 2.59 bits per heavy atom. The van der Waals surface area contributed by atoms with E-state index in [0.717, 1.165) is 47.2 Å². The molecule has 6 nitrogen and oxygen atoms in total. The Balaban J connectivity index is 1.31. The van der Waals surface area contributed by atoms with Crippen LogP contribution in [0.25, 0.3) is 22.3 Å². The number of anilines is 1. The molecular weight excluding hydrogens is 338 g/mol. The van der Waals surface area contributed by atoms with Crippen LogP contribution >= 0.6 is 0 Å². The molecule has 2 fully saturated rings. The quantitative estimate of drug-likeness (QED) is 0.651. The minimum atomic E-state index is 0.248. The fraction of sp³-hybridized carbons (Fsp3) is 0.333. The summed E-state index contributed by atoms with van der Waals surface area (Å²) in [4.78, 5) is 6.99. The van der Waals surface area contributed by atoms with Gasteiger partial charge in [-0.2, -0.15) is 5.10 Å². The zero-order valence-corrected chi connectivity index (χ0v) is 15.1. The van der Waals surface area contributed by atoms with Crippen LogP contribution < -0.4 is 10.2 Å². The van der Waals surface area contributed by atoms with Crippen molar-refractivity contribution >= 4 is 5.82 Å². The van der Waals surface area contributed by atoms with Crippen LogP contribution in [0.3, 0.4) is 0 Å². The van der Waals surface area contributed by atoms with Gasteiger partial charge in [-0.1, -0.05) is 6.07 Å². The first-order chi connectivity index (χ1) is 13.3. The van der Waals surface area contributed by atoms with E-state index in [9.17, 15) is 5.11 Å². The number of benzene rings is 1. The van der Waals surface area contributed by atoms with Crippen LogP contribution in [0.1, 0.15) is 19.3 Å². The van der Waals surface area contributed by atoms with E-state index in [0.29, 0.717) is 6.04 Å². The van der Waals surface area contributed by atoms with Crippen LogP contribution in [0.4, 0.5) is 5.82 Å². The third-order valence-electron chi connectivity index (χ3n) is 5.45. The summed E-state index contributed by atoms with van der Waals surface area (Å²) in [5, 5.41) is 20.9. The molecule has 0 spiro atoms. The van der Waals surface area contributed by atoms with E-state index in [1.54, 1.807) is 12.3 Å². The number of pyridine rings is 1. The van der Waals surface area contributed by atoms with Gasteiger partial charge >= 0.3 is 0 Å². The minimum Gasteiger partial charge on any atom is -0.507 e. The largest absolute Gasteiger partial charge is 0.507 e. The number of H-pyrrole nitrogens is 1. The van der Waals surface area contributed by atoms with Crippen molar-refractivity contribution in [1.29, 1.82) is 0 Å². The molecule has 0 amide bonds. The maximum Gasteiger partial charge on any atom is 0.128 e. The molecule has 1 aromatic carbocycles. The molecule has 2 aromatic heterocycles. The number of aromatic nitrogens is 3. The van der Waals surface area contributed by atoms with Gasteiger partial charge in [0.2, 0.25) is 0 Å². The first-order valence-corrected chi connectivity index (χ1v) is 9.56. The van der Waals surface area contributed by atoms with Gasteiger partial charge in [0.25, 0.3) is 0 Å². The molecule has 0 radical (unpaired) electrons. The first kappa shape index (κ1) is 16.3. The zero-order chi connectivity index (χ0) is 18.2. The highest BCUT2D eigenvalue weighted by Crippen LogP contribution is 2.33. The lowest BCUT2D eigenvalue weighted by Gasteiger charge is -2.18. The fourth-order valence-corrected chi connectivity index (χ4v) is 3.78. The van der Waals surface area contributed by atoms with Gasteiger partial charge in [0, 0.05) is 54.3 Å². The molecular formula is C21H23N5O. The minimum absolute atomic E-state index is 0.248. The van der Waals surface area contributed by atoms with Gasteiger partial charge < -0.3 is 15.3 Å². The number of nitrogens with zero attached hydrogens (tertiary/aromatic N) is 3. The second-order valence-electron chi connectivity index (χ2n) is 7.50. The van der Waals surface area contributed by atoms with Crippen LogP contribution in [0.15, 0.2) is 48.9 Å². The SMILES string of the molecule is Oc1cc(-c2cn[nH]c2)ccc1-c1ccc(N2CC[C@H](NC3CC3)C2)nc1. The van der Waals surface area contributed by atoms with Crippen LogP contribution in [-0.2, 0) is 0 Å². The molecule has 3 N–H and O–H groups in total. The van der Waals surface area contributed by atoms with Crippen molar-refractivity contribution in [2.75, 3.05) is 18.0 Å². The monoisotopic (exact) mass is 361 g/mol. The number of nitrogens with one attached hydrogen (secondary N) is 2. The van der Waals surface area contributed by atoms with E-state index in [2.05, 4.69) is 31.5 Å². The third-order valence-corrected chi connectivity index (χ3v) is 5.45. The summed E-state index contributed by atoms with van der Waals surface area (Å²) in [6.45, 7) is 2.06. The Bertz CT molecular complexity index is 918. The molecule has 138 valence electrons. The average molecular weight is 361 g/mol. The lowest BCUT2D eigenvalue weighted by molar-refractivity contribution is 0.477. The van der Waals surface area contributed by atoms with Crippen molar-refractivity contribution in [2.45, 2.75) is 31.3 Å². The second-order valence-corrected chi connectivity index (χ2v) is 7.50. The van der Waals surface area contributed by atoms with Crippen molar-refractivity contribution in [3.8, 4) is 28.0 Å². The molecule has 1 saturated heterocycles. The highest BCUT2D eigenvalue weighted by atomic mass is 16.3. The second kappa shape index (κ2) is 6.70. The molecule has 1 saturated carbocycles. The number of rotatable bonds is 5. The summed E-state index contributed by atoms with van der Waals surface area (Å²) >= 11 is 0. The molecule has 5 rings (SSSR count). The molecule has 3 heterocycles. The van der Waals surface area contributed by atoms with Gasteiger partial charge in [-0.05, 0) is 49.1 Å². The third kappa shape index (κ3) is 3.40. The fourth-order valence-electron chi connectivity index (χ4n) is 3.78. The summed E-state index contributed by atoms with van der Waals surface area (Å²) in [7, 11) is 0. The summed E-state index contributed by atoms with van der Waals surface area (Å²) in [5.41, 5.74) is 3.59. The standard InChI is InChI=1S/C21H23N5O/c27-20-9-14(16-11-23-24-12-16)1-5-19(20)15-2-6-21(22-10-15)26-8-7-18(13-26)25-17-3-4-17/h1-2,5-6,9-12,17-18,25,27H,3-4,7-8,13H2,(H,23,24)/t18-/m0/s1. The van der Waals surface area contributed by atoms with Gasteiger partial charge in [-0.25, -0.2) is 4.98 Å². The highest BCUT2D eigenvalue weighted by molar-refractivity contribution is 5.75. The predicted molar refractivity (Wildman–Crippen MR) is 106 cm³/mol. The smallest absolute Gasteiger partial charge is 0.128 e. The van der Waals surface area contributed by atoms with Gasteiger partial charge in [0.05, 0.1) is 6.20 Å². The van der Waals surface area contributed by atoms with E-state index >= 15 is 0 Å². The first-order valence-electron chi connectivity index (χ1n) is 9.56. The molecule has 3 aromatic rings. The molecule has 0 unspecified atom stereocenters. The highest BCUT2D eigenvalue weighted by Gasteiger charge is 2.29. The summed E-state index contributed by atoms with van der Waals surface area (Å²) in [5.74, 6) is 1.26. The van der Waals surface area contributed by atoms with Crippen LogP contribution in [-0.4, -0.2) is 45.5 Å². The molecule has 2 aliphatic rings. The average Bonchev–Trinajstić information content (AvgIpc) is 3.15. The van der Waals surface area contributed by atoms with E-state index in [1.165, 1.54) is 19.3 Å². The number of hydrogen-bond acceptors (Lipinski definition) is 5. The number of aromatic hydroxyl groups is 1. The van der Waals surface area contributed by atoms with Crippen molar-refractivity contribution < 1.29 is 5.11 Å². The summed E-state index contributed by atoms with van der Waals surface area (Å²) < 4.78 is 0. The molecule has 0 bridgehead atoms. The molecule has 1 atom stereocenters. The Morgan fingerprint density at radius 1 is 1.00 bits per heavy atom. The van der Waals surface area contributed by atoms with Gasteiger partial charge in [-0.3, -0.25) is 5.10 Å². The molecule has 1 aliphatic heterocycles. The van der Waals surface area contributed by atoms with E-state index in [-0.39, 0.29) is 5.75 Å². The molecule has 6 heteroatoms. The zero-order valence-electron chi connectivity index (χ0n) is 15.1. The maximum atomic E-state index is 10.5. The number of hydrogen-bond donors (Lipinski definition) is 3. The number of phenols is 1. The van der Waals surface area contributed by atoms with Crippen LogP contribution in [0.5, 0.6) is 5.75 Å². The number of phenolic OH excluding ortho intramolecular Hbond substituents is 1. The van der Waals surface area contributed by atoms with Crippen LogP contribution in [0, 0.1) is 0 Å². The van der Waals surface area contributed by atoms with Crippen molar-refractivity contribution in [1.82, 2.24) is 20.5 Å². The summed E-state index contributed by atoms with van der Waals surface area (Å²) in [6.07, 6.45) is 9.23. The Hall–Kier alpha value is -2.86. The van der Waals surface area contributed by atoms with Gasteiger partial charge in [0.1, 0.15) is 11.6 Å². The summed E-state index contributed by atoms with van der Waals surface area (Å²) in [6, 6.07) is 11.1. The van der Waals surface area contributed by atoms with E-state index < -0.39 is 0 Å². The molecule has 27 heavy (non-hydrogen) atoms. The number of aromatic amines is 1. The predicted octanol–water partition coefficient (Wildman–Crippen LogP) is 3.18. The Labute approximate surface area is 158 Å². The van der Waals surface area contributed by atoms with Crippen molar-refractivity contribution in [2.24, 2.45) is 0 Å². The lowest BCUT2D eigenvalue weighted by Crippen LogP contribution is -2.34. The topological polar surface area (TPSA) is 77.1 Å². The van der Waals surface area contributed by atoms with Crippen molar-refractivity contribution in [3.63, 3.8) is 0 Å². The van der Waals surface area contributed by atoms with Gasteiger partial charge in [-0.15, -0.1) is 0 Å². The maximum absolute atomic E-state index is 10.5. The van der Waals surface area contributed by atoms with Gasteiger partial charge in [0.15, 0.2) is 0 Å². The van der Waals surface area contributed by atoms with E-state index in [1.807, 2.05) is 30.6 Å². The molecule has 1 aliphatic carbocycles. The lowest BCUT2D eigenvalue weighted by atomic mass is 10.0. The normalized spacial score (nSPS) is 19.6.